The van der Waals surface area contributed by atoms with Gasteiger partial charge in [-0.1, -0.05) is 19.3 Å². The molecule has 0 aromatic heterocycles. The molecule has 1 amide bonds. The average molecular weight is 211 g/mol. The Labute approximate surface area is 89.3 Å². The maximum Gasteiger partial charge on any atom is 0.293 e. The molecule has 4 heteroatoms. The molecule has 0 radical (unpaired) electrons. The zero-order valence-electron chi connectivity index (χ0n) is 9.03. The molecule has 2 fully saturated rings. The third-order valence-corrected chi connectivity index (χ3v) is 3.44. The quantitative estimate of drug-likeness (QED) is 0.642. The van der Waals surface area contributed by atoms with E-state index in [2.05, 4.69) is 0 Å². The van der Waals surface area contributed by atoms with Crippen molar-refractivity contribution in [1.82, 2.24) is 4.90 Å². The van der Waals surface area contributed by atoms with Gasteiger partial charge in [-0.15, -0.1) is 0 Å². The number of aliphatic hydroxyl groups is 1. The maximum atomic E-state index is 11.6. The van der Waals surface area contributed by atoms with E-state index in [0.29, 0.717) is 0 Å². The molecule has 1 aliphatic carbocycles. The van der Waals surface area contributed by atoms with Gasteiger partial charge in [-0.2, -0.15) is 0 Å². The lowest BCUT2D eigenvalue weighted by molar-refractivity contribution is -0.145. The van der Waals surface area contributed by atoms with E-state index < -0.39 is 17.3 Å². The number of hydrogen-bond acceptors (Lipinski definition) is 3. The zero-order valence-corrected chi connectivity index (χ0v) is 9.03. The molecule has 0 aromatic carbocycles. The zero-order chi connectivity index (χ0) is 11.1. The Morgan fingerprint density at radius 2 is 1.87 bits per heavy atom. The number of nitrogens with zero attached hydrogens (tertiary/aromatic N) is 1. The van der Waals surface area contributed by atoms with Crippen LogP contribution in [0.15, 0.2) is 0 Å². The van der Waals surface area contributed by atoms with Gasteiger partial charge in [-0.3, -0.25) is 9.59 Å². The fourth-order valence-electron chi connectivity index (χ4n) is 2.52. The van der Waals surface area contributed by atoms with Crippen molar-refractivity contribution in [3.05, 3.63) is 0 Å². The fourth-order valence-corrected chi connectivity index (χ4v) is 2.52. The van der Waals surface area contributed by atoms with Gasteiger partial charge in [-0.25, -0.2) is 0 Å². The highest BCUT2D eigenvalue weighted by Gasteiger charge is 2.49. The minimum Gasteiger partial charge on any atom is -0.380 e. The van der Waals surface area contributed by atoms with E-state index in [1.807, 2.05) is 0 Å². The summed E-state index contributed by atoms with van der Waals surface area (Å²) in [5.74, 6) is -1.14. The molecule has 1 saturated heterocycles. The van der Waals surface area contributed by atoms with Crippen LogP contribution in [0.25, 0.3) is 0 Å². The second-order valence-corrected chi connectivity index (χ2v) is 4.83. The van der Waals surface area contributed by atoms with Gasteiger partial charge in [0.25, 0.3) is 11.7 Å². The third kappa shape index (κ3) is 1.78. The number of likely N-dealkylation sites (tertiary alicyclic amines) is 1. The summed E-state index contributed by atoms with van der Waals surface area (Å²) in [6.07, 6.45) is 5.38. The monoisotopic (exact) mass is 211 g/mol. The number of rotatable bonds is 1. The van der Waals surface area contributed by atoms with Crippen LogP contribution < -0.4 is 0 Å². The van der Waals surface area contributed by atoms with Crippen LogP contribution in [0.5, 0.6) is 0 Å². The topological polar surface area (TPSA) is 57.6 Å². The number of ketones is 1. The summed E-state index contributed by atoms with van der Waals surface area (Å²) < 4.78 is 0. The van der Waals surface area contributed by atoms with Crippen molar-refractivity contribution in [2.75, 3.05) is 6.54 Å². The summed E-state index contributed by atoms with van der Waals surface area (Å²) >= 11 is 0. The van der Waals surface area contributed by atoms with Crippen molar-refractivity contribution in [1.29, 1.82) is 0 Å². The van der Waals surface area contributed by atoms with Gasteiger partial charge in [0.15, 0.2) is 0 Å². The van der Waals surface area contributed by atoms with Crippen LogP contribution in [0, 0.1) is 0 Å². The average Bonchev–Trinajstić information content (AvgIpc) is 2.44. The summed E-state index contributed by atoms with van der Waals surface area (Å²) in [6, 6.07) is 0.171. The molecule has 4 nitrogen and oxygen atoms in total. The van der Waals surface area contributed by atoms with E-state index in [0.717, 1.165) is 25.7 Å². The van der Waals surface area contributed by atoms with Crippen molar-refractivity contribution in [3.8, 4) is 0 Å². The molecule has 0 spiro atoms. The van der Waals surface area contributed by atoms with Crippen LogP contribution in [0.1, 0.15) is 39.0 Å². The first kappa shape index (κ1) is 10.6. The number of carbonyl (C=O) groups is 2. The minimum absolute atomic E-state index is 0.171. The summed E-state index contributed by atoms with van der Waals surface area (Å²) in [5.41, 5.74) is -1.46. The van der Waals surface area contributed by atoms with E-state index in [4.69, 9.17) is 0 Å². The highest BCUT2D eigenvalue weighted by atomic mass is 16.3. The van der Waals surface area contributed by atoms with Gasteiger partial charge in [0.1, 0.15) is 5.60 Å². The molecule has 0 aromatic rings. The van der Waals surface area contributed by atoms with Gasteiger partial charge in [-0.05, 0) is 19.8 Å². The number of Topliss-reactive ketones (excluding diaryl/α,β-unsaturated/α-hetero) is 1. The summed E-state index contributed by atoms with van der Waals surface area (Å²) in [4.78, 5) is 24.6. The van der Waals surface area contributed by atoms with E-state index in [9.17, 15) is 14.7 Å². The molecule has 1 heterocycles. The second kappa shape index (κ2) is 3.59. The van der Waals surface area contributed by atoms with Gasteiger partial charge in [0.05, 0.1) is 6.54 Å². The minimum atomic E-state index is -1.46. The van der Waals surface area contributed by atoms with Crippen LogP contribution in [0.4, 0.5) is 0 Å². The van der Waals surface area contributed by atoms with E-state index in [1.54, 1.807) is 4.90 Å². The lowest BCUT2D eigenvalue weighted by Crippen LogP contribution is -2.39. The van der Waals surface area contributed by atoms with E-state index in [1.165, 1.54) is 13.3 Å². The number of amides is 1. The van der Waals surface area contributed by atoms with Crippen molar-refractivity contribution in [2.45, 2.75) is 50.7 Å². The number of carbonyl (C=O) groups excluding carboxylic acids is 2. The maximum absolute atomic E-state index is 11.6. The lowest BCUT2D eigenvalue weighted by Gasteiger charge is -2.30. The number of hydrogen-bond donors (Lipinski definition) is 1. The van der Waals surface area contributed by atoms with Gasteiger partial charge in [0.2, 0.25) is 0 Å². The predicted molar refractivity (Wildman–Crippen MR) is 54.2 cm³/mol. The van der Waals surface area contributed by atoms with Crippen LogP contribution >= 0.6 is 0 Å². The Balaban J connectivity index is 2.11. The molecule has 2 aliphatic rings. The molecule has 2 rings (SSSR count). The summed E-state index contributed by atoms with van der Waals surface area (Å²) in [5, 5.41) is 9.72. The number of β-amino-alcohol motifs (C(OH)–C–C–N with tert-alkyl or cyclic N) is 1. The first-order valence-corrected chi connectivity index (χ1v) is 5.60. The first-order valence-electron chi connectivity index (χ1n) is 5.60. The molecule has 1 saturated carbocycles. The predicted octanol–water partition coefficient (Wildman–Crippen LogP) is 0.481. The Bertz CT molecular complexity index is 292. The Morgan fingerprint density at radius 3 is 2.33 bits per heavy atom. The Morgan fingerprint density at radius 1 is 1.27 bits per heavy atom. The normalized spacial score (nSPS) is 33.9. The van der Waals surface area contributed by atoms with Gasteiger partial charge >= 0.3 is 0 Å². The molecule has 1 aliphatic heterocycles. The Hall–Kier alpha value is -0.900. The van der Waals surface area contributed by atoms with E-state index >= 15 is 0 Å². The van der Waals surface area contributed by atoms with Crippen molar-refractivity contribution in [2.24, 2.45) is 0 Å². The lowest BCUT2D eigenvalue weighted by atomic mass is 9.94. The second-order valence-electron chi connectivity index (χ2n) is 4.83. The van der Waals surface area contributed by atoms with Gasteiger partial charge in [0, 0.05) is 6.04 Å². The van der Waals surface area contributed by atoms with Crippen molar-refractivity contribution in [3.63, 3.8) is 0 Å². The van der Waals surface area contributed by atoms with Crippen molar-refractivity contribution < 1.29 is 14.7 Å². The third-order valence-electron chi connectivity index (χ3n) is 3.44. The fraction of sp³-hybridized carbons (Fsp3) is 0.818. The molecule has 0 bridgehead atoms. The van der Waals surface area contributed by atoms with Gasteiger partial charge < -0.3 is 10.0 Å². The summed E-state index contributed by atoms with van der Waals surface area (Å²) in [7, 11) is 0. The Kier molecular flexibility index (Phi) is 2.54. The highest BCUT2D eigenvalue weighted by molar-refractivity contribution is 6.41. The SMILES string of the molecule is C[C@@]1(O)CN(C2CCCCC2)C(=O)C1=O. The van der Waals surface area contributed by atoms with Crippen molar-refractivity contribution >= 4 is 11.7 Å². The molecule has 1 N–H and O–H groups in total. The standard InChI is InChI=1S/C11H17NO3/c1-11(15)7-12(10(14)9(11)13)8-5-3-2-4-6-8/h8,15H,2-7H2,1H3/t11-/m1/s1. The first-order chi connectivity index (χ1) is 7.02. The highest BCUT2D eigenvalue weighted by Crippen LogP contribution is 2.28. The molecule has 0 unspecified atom stereocenters. The van der Waals surface area contributed by atoms with Crippen LogP contribution in [0.3, 0.4) is 0 Å². The van der Waals surface area contributed by atoms with Crippen LogP contribution in [-0.2, 0) is 9.59 Å². The molecule has 15 heavy (non-hydrogen) atoms. The largest absolute Gasteiger partial charge is 0.380 e. The summed E-state index contributed by atoms with van der Waals surface area (Å²) in [6.45, 7) is 1.60. The van der Waals surface area contributed by atoms with E-state index in [-0.39, 0.29) is 12.6 Å². The van der Waals surface area contributed by atoms with Crippen LogP contribution in [-0.4, -0.2) is 39.9 Å². The molecular weight excluding hydrogens is 194 g/mol. The molecular formula is C11H17NO3. The molecule has 1 atom stereocenters. The smallest absolute Gasteiger partial charge is 0.293 e. The van der Waals surface area contributed by atoms with Crippen LogP contribution in [0.2, 0.25) is 0 Å². The molecule has 84 valence electrons.